The Hall–Kier alpha value is -2.10. The summed E-state index contributed by atoms with van der Waals surface area (Å²) >= 11 is 0. The van der Waals surface area contributed by atoms with Crippen LogP contribution in [0.25, 0.3) is 11.0 Å². The van der Waals surface area contributed by atoms with Crippen LogP contribution in [0.3, 0.4) is 0 Å². The molecular weight excluding hydrogens is 441 g/mol. The van der Waals surface area contributed by atoms with Gasteiger partial charge in [-0.25, -0.2) is 4.98 Å². The maximum atomic E-state index is 4.61. The first-order chi connectivity index (χ1) is 12.3. The predicted octanol–water partition coefficient (Wildman–Crippen LogP) is 2.41. The van der Waals surface area contributed by atoms with Gasteiger partial charge < -0.3 is 15.2 Å². The van der Waals surface area contributed by atoms with Gasteiger partial charge in [-0.1, -0.05) is 12.1 Å². The second-order valence-electron chi connectivity index (χ2n) is 5.85. The molecule has 140 valence electrons. The van der Waals surface area contributed by atoms with Crippen molar-refractivity contribution in [1.82, 2.24) is 30.0 Å². The zero-order valence-electron chi connectivity index (χ0n) is 15.2. The largest absolute Gasteiger partial charge is 0.356 e. The van der Waals surface area contributed by atoms with Gasteiger partial charge in [0.1, 0.15) is 5.82 Å². The Balaban J connectivity index is 0.00000243. The zero-order chi connectivity index (χ0) is 17.5. The third kappa shape index (κ3) is 5.20. The number of rotatable bonds is 7. The van der Waals surface area contributed by atoms with Crippen LogP contribution < -0.4 is 10.6 Å². The second-order valence-corrected chi connectivity index (χ2v) is 5.85. The molecule has 0 aliphatic rings. The molecule has 0 unspecified atom stereocenters. The van der Waals surface area contributed by atoms with Crippen LogP contribution in [-0.4, -0.2) is 45.4 Å². The number of aryl methyl sites for hydroxylation is 2. The lowest BCUT2D eigenvalue weighted by Gasteiger charge is -2.12. The standard InChI is InChI=1S/C18H25N7.HI/c1-15-23-16-7-3-4-8-17(16)25(15)13-5-9-20-18(19-2)21-11-14-24-12-6-10-22-24;/h3-4,6-8,10,12H,5,9,11,13-14H2,1-2H3,(H2,19,20,21);1H. The first kappa shape index (κ1) is 20.2. The van der Waals surface area contributed by atoms with Gasteiger partial charge in [0.25, 0.3) is 0 Å². The highest BCUT2D eigenvalue weighted by molar-refractivity contribution is 14.0. The summed E-state index contributed by atoms with van der Waals surface area (Å²) in [7, 11) is 1.79. The summed E-state index contributed by atoms with van der Waals surface area (Å²) < 4.78 is 4.16. The number of benzene rings is 1. The van der Waals surface area contributed by atoms with Crippen molar-refractivity contribution in [3.63, 3.8) is 0 Å². The van der Waals surface area contributed by atoms with Gasteiger partial charge in [-0.3, -0.25) is 9.67 Å². The van der Waals surface area contributed by atoms with Crippen molar-refractivity contribution in [3.05, 3.63) is 48.5 Å². The lowest BCUT2D eigenvalue weighted by atomic mass is 10.3. The van der Waals surface area contributed by atoms with Crippen molar-refractivity contribution in [1.29, 1.82) is 0 Å². The fourth-order valence-electron chi connectivity index (χ4n) is 2.86. The molecule has 7 nitrogen and oxygen atoms in total. The van der Waals surface area contributed by atoms with E-state index in [1.165, 1.54) is 5.52 Å². The normalized spacial score (nSPS) is 11.4. The van der Waals surface area contributed by atoms with Gasteiger partial charge in [-0.05, 0) is 31.5 Å². The number of nitrogens with one attached hydrogen (secondary N) is 2. The quantitative estimate of drug-likeness (QED) is 0.242. The maximum absolute atomic E-state index is 4.61. The summed E-state index contributed by atoms with van der Waals surface area (Å²) in [6.07, 6.45) is 4.74. The second kappa shape index (κ2) is 10.1. The third-order valence-corrected chi connectivity index (χ3v) is 4.11. The van der Waals surface area contributed by atoms with Gasteiger partial charge >= 0.3 is 0 Å². The molecule has 2 aromatic heterocycles. The molecule has 3 rings (SSSR count). The molecular formula is C18H26IN7. The van der Waals surface area contributed by atoms with Gasteiger partial charge in [-0.2, -0.15) is 5.10 Å². The van der Waals surface area contributed by atoms with Crippen molar-refractivity contribution in [2.45, 2.75) is 26.4 Å². The van der Waals surface area contributed by atoms with Crippen LogP contribution in [0.2, 0.25) is 0 Å². The Bertz CT molecular complexity index is 823. The van der Waals surface area contributed by atoms with Crippen molar-refractivity contribution < 1.29 is 0 Å². The number of aromatic nitrogens is 4. The lowest BCUT2D eigenvalue weighted by molar-refractivity contribution is 0.591. The molecule has 0 spiro atoms. The van der Waals surface area contributed by atoms with Crippen molar-refractivity contribution >= 4 is 41.0 Å². The predicted molar refractivity (Wildman–Crippen MR) is 116 cm³/mol. The van der Waals surface area contributed by atoms with Crippen LogP contribution in [0.15, 0.2) is 47.7 Å². The maximum Gasteiger partial charge on any atom is 0.191 e. The van der Waals surface area contributed by atoms with E-state index in [0.29, 0.717) is 0 Å². The number of para-hydroxylation sites is 2. The van der Waals surface area contributed by atoms with E-state index in [1.54, 1.807) is 13.2 Å². The number of aliphatic imine (C=N–C) groups is 1. The van der Waals surface area contributed by atoms with Crippen molar-refractivity contribution in [2.75, 3.05) is 20.1 Å². The van der Waals surface area contributed by atoms with Gasteiger partial charge in [-0.15, -0.1) is 24.0 Å². The molecule has 1 aromatic carbocycles. The van der Waals surface area contributed by atoms with Crippen molar-refractivity contribution in [3.8, 4) is 0 Å². The number of fused-ring (bicyclic) bond motifs is 1. The molecule has 0 bridgehead atoms. The summed E-state index contributed by atoms with van der Waals surface area (Å²) in [5.74, 6) is 1.88. The number of nitrogens with zero attached hydrogens (tertiary/aromatic N) is 5. The van der Waals surface area contributed by atoms with Gasteiger partial charge in [0.15, 0.2) is 5.96 Å². The Morgan fingerprint density at radius 2 is 1.92 bits per heavy atom. The highest BCUT2D eigenvalue weighted by Crippen LogP contribution is 2.15. The zero-order valence-corrected chi connectivity index (χ0v) is 17.6. The third-order valence-electron chi connectivity index (χ3n) is 4.11. The van der Waals surface area contributed by atoms with Crippen molar-refractivity contribution in [2.24, 2.45) is 4.99 Å². The lowest BCUT2D eigenvalue weighted by Crippen LogP contribution is -2.39. The van der Waals surface area contributed by atoms with E-state index < -0.39 is 0 Å². The summed E-state index contributed by atoms with van der Waals surface area (Å²) in [6, 6.07) is 10.2. The fourth-order valence-corrected chi connectivity index (χ4v) is 2.86. The first-order valence-corrected chi connectivity index (χ1v) is 8.62. The molecule has 0 saturated heterocycles. The molecule has 26 heavy (non-hydrogen) atoms. The molecule has 8 heteroatoms. The van der Waals surface area contributed by atoms with E-state index in [2.05, 4.69) is 55.4 Å². The Morgan fingerprint density at radius 3 is 2.69 bits per heavy atom. The Morgan fingerprint density at radius 1 is 1.12 bits per heavy atom. The van der Waals surface area contributed by atoms with E-state index in [1.807, 2.05) is 23.0 Å². The fraction of sp³-hybridized carbons (Fsp3) is 0.389. The molecule has 0 fully saturated rings. The smallest absolute Gasteiger partial charge is 0.191 e. The van der Waals surface area contributed by atoms with E-state index in [0.717, 1.165) is 49.9 Å². The molecule has 0 aliphatic heterocycles. The first-order valence-electron chi connectivity index (χ1n) is 8.62. The minimum atomic E-state index is 0. The monoisotopic (exact) mass is 467 g/mol. The number of guanidine groups is 1. The molecule has 2 heterocycles. The van der Waals surface area contributed by atoms with E-state index in [-0.39, 0.29) is 24.0 Å². The summed E-state index contributed by atoms with van der Waals surface area (Å²) in [5, 5.41) is 10.8. The van der Waals surface area contributed by atoms with Gasteiger partial charge in [0, 0.05) is 39.1 Å². The molecule has 0 atom stereocenters. The number of hydrogen-bond donors (Lipinski definition) is 2. The van der Waals surface area contributed by atoms with Crippen LogP contribution in [-0.2, 0) is 13.1 Å². The highest BCUT2D eigenvalue weighted by atomic mass is 127. The molecule has 3 aromatic rings. The van der Waals surface area contributed by atoms with Crippen LogP contribution in [0.4, 0.5) is 0 Å². The summed E-state index contributed by atoms with van der Waals surface area (Å²) in [4.78, 5) is 8.86. The number of imidazole rings is 1. The van der Waals surface area contributed by atoms with E-state index in [4.69, 9.17) is 0 Å². The van der Waals surface area contributed by atoms with Gasteiger partial charge in [0.05, 0.1) is 17.6 Å². The Labute approximate surface area is 170 Å². The van der Waals surface area contributed by atoms with Gasteiger partial charge in [0.2, 0.25) is 0 Å². The SMILES string of the molecule is CN=C(NCCCn1c(C)nc2ccccc21)NCCn1cccn1.I. The summed E-state index contributed by atoms with van der Waals surface area (Å²) in [5.41, 5.74) is 2.26. The van der Waals surface area contributed by atoms with Crippen LogP contribution in [0, 0.1) is 6.92 Å². The van der Waals surface area contributed by atoms with Crippen LogP contribution >= 0.6 is 24.0 Å². The van der Waals surface area contributed by atoms with E-state index in [9.17, 15) is 0 Å². The Kier molecular flexibility index (Phi) is 7.89. The minimum Gasteiger partial charge on any atom is -0.356 e. The highest BCUT2D eigenvalue weighted by Gasteiger charge is 2.06. The molecule has 2 N–H and O–H groups in total. The molecule has 0 saturated carbocycles. The van der Waals surface area contributed by atoms with Crippen LogP contribution in [0.1, 0.15) is 12.2 Å². The average molecular weight is 467 g/mol. The molecule has 0 aliphatic carbocycles. The summed E-state index contributed by atoms with van der Waals surface area (Å²) in [6.45, 7) is 5.45. The molecule has 0 radical (unpaired) electrons. The average Bonchev–Trinajstić information content (AvgIpc) is 3.24. The van der Waals surface area contributed by atoms with E-state index >= 15 is 0 Å². The molecule has 0 amide bonds. The number of hydrogen-bond acceptors (Lipinski definition) is 3. The number of halogens is 1. The van der Waals surface area contributed by atoms with Crippen LogP contribution in [0.5, 0.6) is 0 Å². The topological polar surface area (TPSA) is 72.1 Å². The minimum absolute atomic E-state index is 0.